The molecule has 130 valence electrons. The Morgan fingerprint density at radius 3 is 2.44 bits per heavy atom. The molecule has 1 amide bonds. The van der Waals surface area contributed by atoms with E-state index in [0.717, 1.165) is 6.08 Å². The molecule has 2 aromatic rings. The number of hydrogen-bond acceptors (Lipinski definition) is 4. The summed E-state index contributed by atoms with van der Waals surface area (Å²) < 4.78 is 10.0. The van der Waals surface area contributed by atoms with Crippen molar-refractivity contribution in [2.24, 2.45) is 0 Å². The van der Waals surface area contributed by atoms with Gasteiger partial charge in [0.2, 0.25) is 0 Å². The van der Waals surface area contributed by atoms with Crippen LogP contribution in [0.15, 0.2) is 48.5 Å². The normalized spacial score (nSPS) is 10.5. The summed E-state index contributed by atoms with van der Waals surface area (Å²) >= 11 is 12.0. The van der Waals surface area contributed by atoms with Gasteiger partial charge in [-0.1, -0.05) is 41.4 Å². The summed E-state index contributed by atoms with van der Waals surface area (Å²) in [6.45, 7) is -0.433. The van der Waals surface area contributed by atoms with E-state index in [4.69, 9.17) is 32.7 Å². The molecule has 0 aliphatic rings. The van der Waals surface area contributed by atoms with Crippen LogP contribution in [0.25, 0.3) is 6.08 Å². The molecule has 0 radical (unpaired) electrons. The molecule has 0 spiro atoms. The first-order chi connectivity index (χ1) is 12.0. The van der Waals surface area contributed by atoms with Crippen molar-refractivity contribution in [3.63, 3.8) is 0 Å². The molecular formula is C18H15Cl2NO4. The molecule has 0 aliphatic heterocycles. The van der Waals surface area contributed by atoms with E-state index < -0.39 is 18.5 Å². The molecule has 5 nitrogen and oxygen atoms in total. The summed E-state index contributed by atoms with van der Waals surface area (Å²) in [5, 5.41) is 3.42. The molecule has 0 unspecified atom stereocenters. The molecule has 0 saturated carbocycles. The summed E-state index contributed by atoms with van der Waals surface area (Å²) in [7, 11) is 1.50. The van der Waals surface area contributed by atoms with Crippen LogP contribution in [0.1, 0.15) is 5.56 Å². The van der Waals surface area contributed by atoms with Gasteiger partial charge in [-0.3, -0.25) is 4.79 Å². The number of methoxy groups -OCH3 is 1. The van der Waals surface area contributed by atoms with Gasteiger partial charge in [0, 0.05) is 21.7 Å². The summed E-state index contributed by atoms with van der Waals surface area (Å²) in [6.07, 6.45) is 2.59. The Morgan fingerprint density at radius 1 is 1.08 bits per heavy atom. The first-order valence-electron chi connectivity index (χ1n) is 7.23. The average Bonchev–Trinajstić information content (AvgIpc) is 2.60. The lowest BCUT2D eigenvalue weighted by Crippen LogP contribution is -2.20. The van der Waals surface area contributed by atoms with Gasteiger partial charge in [-0.25, -0.2) is 4.79 Å². The number of ether oxygens (including phenoxy) is 2. The van der Waals surface area contributed by atoms with E-state index in [0.29, 0.717) is 27.0 Å². The maximum Gasteiger partial charge on any atom is 0.331 e. The van der Waals surface area contributed by atoms with Gasteiger partial charge in [0.15, 0.2) is 6.61 Å². The smallest absolute Gasteiger partial charge is 0.331 e. The van der Waals surface area contributed by atoms with E-state index in [1.165, 1.54) is 13.2 Å². The maximum atomic E-state index is 11.9. The van der Waals surface area contributed by atoms with Gasteiger partial charge in [0.1, 0.15) is 5.75 Å². The van der Waals surface area contributed by atoms with Gasteiger partial charge in [0.25, 0.3) is 5.91 Å². The van der Waals surface area contributed by atoms with Crippen LogP contribution < -0.4 is 10.1 Å². The van der Waals surface area contributed by atoms with E-state index in [2.05, 4.69) is 5.32 Å². The summed E-state index contributed by atoms with van der Waals surface area (Å²) in [6, 6.07) is 11.9. The van der Waals surface area contributed by atoms with Gasteiger partial charge >= 0.3 is 5.97 Å². The lowest BCUT2D eigenvalue weighted by Gasteiger charge is -2.09. The van der Waals surface area contributed by atoms with Crippen LogP contribution in [0, 0.1) is 0 Å². The van der Waals surface area contributed by atoms with Crippen LogP contribution in [0.3, 0.4) is 0 Å². The van der Waals surface area contributed by atoms with Crippen molar-refractivity contribution < 1.29 is 19.1 Å². The lowest BCUT2D eigenvalue weighted by molar-refractivity contribution is -0.142. The molecule has 2 aromatic carbocycles. The minimum absolute atomic E-state index is 0.408. The topological polar surface area (TPSA) is 64.6 Å². The number of hydrogen-bond donors (Lipinski definition) is 1. The van der Waals surface area contributed by atoms with E-state index in [1.807, 2.05) is 0 Å². The summed E-state index contributed by atoms with van der Waals surface area (Å²) in [5.41, 5.74) is 0.991. The fourth-order valence-corrected chi connectivity index (χ4v) is 2.46. The standard InChI is InChI=1S/C18H15Cl2NO4/c1-24-16-8-3-2-7-15(16)21-17(22)11-25-18(23)10-9-12-13(19)5-4-6-14(12)20/h2-10H,11H2,1H3,(H,21,22)/b10-9+. The number of nitrogens with one attached hydrogen (secondary N) is 1. The van der Waals surface area contributed by atoms with Crippen molar-refractivity contribution in [1.82, 2.24) is 0 Å². The molecule has 0 bridgehead atoms. The van der Waals surface area contributed by atoms with Crippen LogP contribution in [-0.4, -0.2) is 25.6 Å². The Balaban J connectivity index is 1.89. The van der Waals surface area contributed by atoms with Crippen LogP contribution in [0.4, 0.5) is 5.69 Å². The minimum atomic E-state index is -0.689. The van der Waals surface area contributed by atoms with E-state index in [1.54, 1.807) is 42.5 Å². The number of carbonyl (C=O) groups is 2. The molecule has 7 heteroatoms. The Kier molecular flexibility index (Phi) is 6.86. The molecule has 2 rings (SSSR count). The first-order valence-corrected chi connectivity index (χ1v) is 7.98. The number of rotatable bonds is 6. The van der Waals surface area contributed by atoms with Crippen molar-refractivity contribution in [1.29, 1.82) is 0 Å². The maximum absolute atomic E-state index is 11.9. The highest BCUT2D eigenvalue weighted by molar-refractivity contribution is 6.37. The number of benzene rings is 2. The number of esters is 1. The third kappa shape index (κ3) is 5.52. The molecule has 0 aromatic heterocycles. The molecular weight excluding hydrogens is 365 g/mol. The lowest BCUT2D eigenvalue weighted by atomic mass is 10.2. The molecule has 0 atom stereocenters. The molecule has 0 saturated heterocycles. The van der Waals surface area contributed by atoms with Gasteiger partial charge in [-0.05, 0) is 30.3 Å². The van der Waals surface area contributed by atoms with Crippen LogP contribution in [0.2, 0.25) is 10.0 Å². The van der Waals surface area contributed by atoms with Crippen LogP contribution in [0.5, 0.6) is 5.75 Å². The van der Waals surface area contributed by atoms with Crippen molar-refractivity contribution in [2.75, 3.05) is 19.0 Å². The third-order valence-electron chi connectivity index (χ3n) is 3.11. The second kappa shape index (κ2) is 9.11. The zero-order valence-electron chi connectivity index (χ0n) is 13.3. The van der Waals surface area contributed by atoms with Gasteiger partial charge in [-0.15, -0.1) is 0 Å². The van der Waals surface area contributed by atoms with Gasteiger partial charge < -0.3 is 14.8 Å². The highest BCUT2D eigenvalue weighted by Gasteiger charge is 2.09. The van der Waals surface area contributed by atoms with Gasteiger partial charge in [-0.2, -0.15) is 0 Å². The fourth-order valence-electron chi connectivity index (χ4n) is 1.94. The second-order valence-electron chi connectivity index (χ2n) is 4.82. The molecule has 0 fully saturated rings. The van der Waals surface area contributed by atoms with Crippen LogP contribution >= 0.6 is 23.2 Å². The zero-order chi connectivity index (χ0) is 18.2. The molecule has 1 N–H and O–H groups in total. The Labute approximate surface area is 155 Å². The molecule has 0 heterocycles. The monoisotopic (exact) mass is 379 g/mol. The number of amides is 1. The zero-order valence-corrected chi connectivity index (χ0v) is 14.8. The first kappa shape index (κ1) is 18.8. The third-order valence-corrected chi connectivity index (χ3v) is 3.77. The number of halogens is 2. The van der Waals surface area contributed by atoms with Crippen LogP contribution in [-0.2, 0) is 14.3 Å². The van der Waals surface area contributed by atoms with Crippen molar-refractivity contribution >= 4 is 46.8 Å². The fraction of sp³-hybridized carbons (Fsp3) is 0.111. The Hall–Kier alpha value is -2.50. The predicted octanol–water partition coefficient (Wildman–Crippen LogP) is 4.20. The number of carbonyl (C=O) groups excluding carboxylic acids is 2. The SMILES string of the molecule is COc1ccccc1NC(=O)COC(=O)/C=C/c1c(Cl)cccc1Cl. The summed E-state index contributed by atoms with van der Waals surface area (Å²) in [5.74, 6) is -0.663. The number of para-hydroxylation sites is 2. The van der Waals surface area contributed by atoms with Crippen molar-refractivity contribution in [2.45, 2.75) is 0 Å². The van der Waals surface area contributed by atoms with E-state index in [9.17, 15) is 9.59 Å². The Bertz CT molecular complexity index is 785. The van der Waals surface area contributed by atoms with Crippen molar-refractivity contribution in [3.05, 3.63) is 64.1 Å². The van der Waals surface area contributed by atoms with E-state index in [-0.39, 0.29) is 0 Å². The number of anilines is 1. The van der Waals surface area contributed by atoms with Gasteiger partial charge in [0.05, 0.1) is 12.8 Å². The van der Waals surface area contributed by atoms with Crippen molar-refractivity contribution in [3.8, 4) is 5.75 Å². The average molecular weight is 380 g/mol. The predicted molar refractivity (Wildman–Crippen MR) is 98.1 cm³/mol. The molecule has 25 heavy (non-hydrogen) atoms. The second-order valence-corrected chi connectivity index (χ2v) is 5.64. The Morgan fingerprint density at radius 2 is 1.76 bits per heavy atom. The van der Waals surface area contributed by atoms with E-state index >= 15 is 0 Å². The highest BCUT2D eigenvalue weighted by atomic mass is 35.5. The summed E-state index contributed by atoms with van der Waals surface area (Å²) in [4.78, 5) is 23.6. The highest BCUT2D eigenvalue weighted by Crippen LogP contribution is 2.25. The largest absolute Gasteiger partial charge is 0.495 e. The minimum Gasteiger partial charge on any atom is -0.495 e. The molecule has 0 aliphatic carbocycles. The quantitative estimate of drug-likeness (QED) is 0.603.